The van der Waals surface area contributed by atoms with Crippen LogP contribution in [0.5, 0.6) is 0 Å². The highest BCUT2D eigenvalue weighted by Gasteiger charge is 2.02. The van der Waals surface area contributed by atoms with Crippen LogP contribution in [-0.2, 0) is 0 Å². The van der Waals surface area contributed by atoms with Crippen LogP contribution in [0.3, 0.4) is 0 Å². The lowest BCUT2D eigenvalue weighted by Crippen LogP contribution is -1.94. The van der Waals surface area contributed by atoms with Gasteiger partial charge in [0, 0.05) is 10.6 Å². The van der Waals surface area contributed by atoms with E-state index in [1.165, 1.54) is 4.90 Å². The Morgan fingerprint density at radius 2 is 1.83 bits per heavy atom. The number of nitrogens with zero attached hydrogens (tertiary/aromatic N) is 1. The summed E-state index contributed by atoms with van der Waals surface area (Å²) >= 11 is 1.71. The Kier molecular flexibility index (Phi) is 3.91. The monoisotopic (exact) mass is 254 g/mol. The van der Waals surface area contributed by atoms with Gasteiger partial charge in [0.05, 0.1) is 11.3 Å². The van der Waals surface area contributed by atoms with E-state index >= 15 is 0 Å². The van der Waals surface area contributed by atoms with Crippen molar-refractivity contribution in [3.63, 3.8) is 0 Å². The average Bonchev–Trinajstić information content (AvgIpc) is 2.41. The number of hydrogen-bond acceptors (Lipinski definition) is 3. The van der Waals surface area contributed by atoms with E-state index in [0.29, 0.717) is 5.56 Å². The summed E-state index contributed by atoms with van der Waals surface area (Å²) < 4.78 is 0. The minimum atomic E-state index is 0.670. The molecule has 0 aliphatic heterocycles. The Bertz CT molecular complexity index is 582. The summed E-state index contributed by atoms with van der Waals surface area (Å²) in [4.78, 5) is 1.23. The lowest BCUT2D eigenvalue weighted by atomic mass is 10.1. The lowest BCUT2D eigenvalue weighted by Gasteiger charge is -2.09. The maximum absolute atomic E-state index is 9.11. The van der Waals surface area contributed by atoms with Crippen molar-refractivity contribution in [1.82, 2.24) is 0 Å². The number of aryl methyl sites for hydroxylation is 1. The Labute approximate surface area is 112 Å². The molecule has 1 N–H and O–H groups in total. The van der Waals surface area contributed by atoms with Gasteiger partial charge in [-0.15, -0.1) is 11.8 Å². The predicted molar refractivity (Wildman–Crippen MR) is 77.4 cm³/mol. The van der Waals surface area contributed by atoms with E-state index in [1.54, 1.807) is 11.8 Å². The van der Waals surface area contributed by atoms with Crippen LogP contribution in [0, 0.1) is 18.3 Å². The van der Waals surface area contributed by atoms with E-state index in [-0.39, 0.29) is 0 Å². The molecule has 18 heavy (non-hydrogen) atoms. The summed E-state index contributed by atoms with van der Waals surface area (Å²) in [6, 6.07) is 16.2. The van der Waals surface area contributed by atoms with E-state index in [2.05, 4.69) is 29.8 Å². The molecule has 0 saturated heterocycles. The van der Waals surface area contributed by atoms with Crippen molar-refractivity contribution < 1.29 is 0 Å². The van der Waals surface area contributed by atoms with Crippen molar-refractivity contribution in [2.75, 3.05) is 11.6 Å². The van der Waals surface area contributed by atoms with Gasteiger partial charge in [0.15, 0.2) is 0 Å². The predicted octanol–water partition coefficient (Wildman–Crippen LogP) is 4.33. The third-order valence-corrected chi connectivity index (χ3v) is 3.41. The molecule has 0 saturated carbocycles. The minimum Gasteiger partial charge on any atom is -0.354 e. The van der Waals surface area contributed by atoms with E-state index in [9.17, 15) is 0 Å². The second-order valence-corrected chi connectivity index (χ2v) is 4.89. The molecule has 90 valence electrons. The van der Waals surface area contributed by atoms with Crippen molar-refractivity contribution in [2.45, 2.75) is 11.8 Å². The quantitative estimate of drug-likeness (QED) is 0.828. The normalized spacial score (nSPS) is 9.83. The molecule has 0 aromatic heterocycles. The summed E-state index contributed by atoms with van der Waals surface area (Å²) in [5.41, 5.74) is 3.60. The van der Waals surface area contributed by atoms with Gasteiger partial charge in [-0.2, -0.15) is 5.26 Å². The average molecular weight is 254 g/mol. The fourth-order valence-corrected chi connectivity index (χ4v) is 2.10. The van der Waals surface area contributed by atoms with Gasteiger partial charge in [-0.3, -0.25) is 0 Å². The van der Waals surface area contributed by atoms with E-state index < -0.39 is 0 Å². The molecule has 2 nitrogen and oxygen atoms in total. The zero-order valence-electron chi connectivity index (χ0n) is 10.4. The molecule has 0 aliphatic carbocycles. The maximum atomic E-state index is 9.11. The van der Waals surface area contributed by atoms with Gasteiger partial charge in [-0.25, -0.2) is 0 Å². The van der Waals surface area contributed by atoms with Crippen LogP contribution in [0.15, 0.2) is 47.4 Å². The molecule has 0 spiro atoms. The van der Waals surface area contributed by atoms with Crippen molar-refractivity contribution in [3.05, 3.63) is 53.6 Å². The van der Waals surface area contributed by atoms with E-state index in [0.717, 1.165) is 16.9 Å². The molecule has 2 rings (SSSR count). The van der Waals surface area contributed by atoms with Crippen LogP contribution in [-0.4, -0.2) is 6.26 Å². The van der Waals surface area contributed by atoms with E-state index in [1.807, 2.05) is 37.3 Å². The summed E-state index contributed by atoms with van der Waals surface area (Å²) in [6.45, 7) is 1.98. The summed E-state index contributed by atoms with van der Waals surface area (Å²) in [6.07, 6.45) is 2.05. The Hall–Kier alpha value is -1.92. The standard InChI is InChI=1S/C15H14N2S/c1-11-3-8-15(12(9-11)10-16)17-13-4-6-14(18-2)7-5-13/h3-9,17H,1-2H3. The fourth-order valence-electron chi connectivity index (χ4n) is 1.69. The number of nitriles is 1. The second-order valence-electron chi connectivity index (χ2n) is 4.01. The molecule has 3 heteroatoms. The smallest absolute Gasteiger partial charge is 0.101 e. The van der Waals surface area contributed by atoms with Crippen molar-refractivity contribution in [1.29, 1.82) is 5.26 Å². The molecule has 0 bridgehead atoms. The Morgan fingerprint density at radius 3 is 2.44 bits per heavy atom. The molecular formula is C15H14N2S. The third kappa shape index (κ3) is 2.85. The Balaban J connectivity index is 2.25. The van der Waals surface area contributed by atoms with Gasteiger partial charge >= 0.3 is 0 Å². The van der Waals surface area contributed by atoms with Crippen LogP contribution >= 0.6 is 11.8 Å². The molecule has 0 heterocycles. The van der Waals surface area contributed by atoms with Gasteiger partial charge in [-0.1, -0.05) is 6.07 Å². The molecule has 0 atom stereocenters. The first-order valence-electron chi connectivity index (χ1n) is 5.65. The van der Waals surface area contributed by atoms with Crippen LogP contribution in [0.25, 0.3) is 0 Å². The van der Waals surface area contributed by atoms with Gasteiger partial charge in [0.1, 0.15) is 6.07 Å². The number of thioether (sulfide) groups is 1. The highest BCUT2D eigenvalue weighted by Crippen LogP contribution is 2.23. The minimum absolute atomic E-state index is 0.670. The van der Waals surface area contributed by atoms with Crippen molar-refractivity contribution >= 4 is 23.1 Å². The van der Waals surface area contributed by atoms with Gasteiger partial charge in [0.2, 0.25) is 0 Å². The first kappa shape index (κ1) is 12.5. The second kappa shape index (κ2) is 5.61. The van der Waals surface area contributed by atoms with Gasteiger partial charge < -0.3 is 5.32 Å². The number of hydrogen-bond donors (Lipinski definition) is 1. The molecule has 0 unspecified atom stereocenters. The fraction of sp³-hybridized carbons (Fsp3) is 0.133. The summed E-state index contributed by atoms with van der Waals surface area (Å²) in [5, 5.41) is 12.4. The number of rotatable bonds is 3. The molecule has 0 amide bonds. The van der Waals surface area contributed by atoms with Gasteiger partial charge in [-0.05, 0) is 55.1 Å². The summed E-state index contributed by atoms with van der Waals surface area (Å²) in [5.74, 6) is 0. The van der Waals surface area contributed by atoms with Crippen LogP contribution < -0.4 is 5.32 Å². The number of anilines is 2. The van der Waals surface area contributed by atoms with E-state index in [4.69, 9.17) is 5.26 Å². The topological polar surface area (TPSA) is 35.8 Å². The zero-order chi connectivity index (χ0) is 13.0. The van der Waals surface area contributed by atoms with Crippen LogP contribution in [0.2, 0.25) is 0 Å². The Morgan fingerprint density at radius 1 is 1.11 bits per heavy atom. The number of nitrogens with one attached hydrogen (secondary N) is 1. The number of benzene rings is 2. The van der Waals surface area contributed by atoms with Crippen molar-refractivity contribution in [2.24, 2.45) is 0 Å². The van der Waals surface area contributed by atoms with Crippen LogP contribution in [0.1, 0.15) is 11.1 Å². The highest BCUT2D eigenvalue weighted by atomic mass is 32.2. The lowest BCUT2D eigenvalue weighted by molar-refractivity contribution is 1.39. The van der Waals surface area contributed by atoms with Gasteiger partial charge in [0.25, 0.3) is 0 Å². The SMILES string of the molecule is CSc1ccc(Nc2ccc(C)cc2C#N)cc1. The molecule has 2 aromatic rings. The molecular weight excluding hydrogens is 240 g/mol. The van der Waals surface area contributed by atoms with Crippen molar-refractivity contribution in [3.8, 4) is 6.07 Å². The molecule has 2 aromatic carbocycles. The maximum Gasteiger partial charge on any atom is 0.101 e. The largest absolute Gasteiger partial charge is 0.354 e. The first-order chi connectivity index (χ1) is 8.72. The first-order valence-corrected chi connectivity index (χ1v) is 6.87. The molecule has 0 radical (unpaired) electrons. The third-order valence-electron chi connectivity index (χ3n) is 2.66. The summed E-state index contributed by atoms with van der Waals surface area (Å²) in [7, 11) is 0. The highest BCUT2D eigenvalue weighted by molar-refractivity contribution is 7.98. The molecule has 0 aliphatic rings. The molecule has 0 fully saturated rings. The van der Waals surface area contributed by atoms with Crippen LogP contribution in [0.4, 0.5) is 11.4 Å². The zero-order valence-corrected chi connectivity index (χ0v) is 11.2.